The lowest BCUT2D eigenvalue weighted by molar-refractivity contribution is -0.138. The van der Waals surface area contributed by atoms with Gasteiger partial charge >= 0.3 is 13.8 Å². The van der Waals surface area contributed by atoms with E-state index in [-0.39, 0.29) is 13.2 Å². The molecule has 0 aromatic heterocycles. The molecule has 2 aromatic rings. The summed E-state index contributed by atoms with van der Waals surface area (Å²) in [5.41, 5.74) is 2.82. The summed E-state index contributed by atoms with van der Waals surface area (Å²) < 4.78 is 63.4. The van der Waals surface area contributed by atoms with Crippen LogP contribution in [0.4, 0.5) is 13.2 Å². The molecule has 1 aliphatic carbocycles. The zero-order chi connectivity index (χ0) is 24.2. The van der Waals surface area contributed by atoms with E-state index in [1.165, 1.54) is 0 Å². The minimum atomic E-state index is -4.53. The van der Waals surface area contributed by atoms with E-state index in [0.717, 1.165) is 6.42 Å². The van der Waals surface area contributed by atoms with Gasteiger partial charge in [-0.05, 0) is 54.7 Å². The van der Waals surface area contributed by atoms with Crippen LogP contribution in [-0.4, -0.2) is 31.8 Å². The molecule has 5 nitrogen and oxygen atoms in total. The van der Waals surface area contributed by atoms with Crippen molar-refractivity contribution >= 4 is 24.9 Å². The summed E-state index contributed by atoms with van der Waals surface area (Å²) in [6, 6.07) is 10.4. The maximum absolute atomic E-state index is 13.8. The smallest absolute Gasteiger partial charge is 0.346 e. The molecule has 1 unspecified atom stereocenters. The fourth-order valence-electron chi connectivity index (χ4n) is 3.99. The first-order valence-corrected chi connectivity index (χ1v) is 12.4. The Hall–Kier alpha value is -2.41. The molecule has 9 heteroatoms. The summed E-state index contributed by atoms with van der Waals surface area (Å²) in [6.45, 7) is 4.20. The van der Waals surface area contributed by atoms with Crippen LogP contribution in [0.25, 0.3) is 17.2 Å². The van der Waals surface area contributed by atoms with Crippen LogP contribution in [-0.2, 0) is 18.4 Å². The molecule has 0 radical (unpaired) electrons. The number of alkyl halides is 3. The van der Waals surface area contributed by atoms with E-state index >= 15 is 0 Å². The Morgan fingerprint density at radius 2 is 1.76 bits per heavy atom. The van der Waals surface area contributed by atoms with Crippen LogP contribution in [0.1, 0.15) is 49.8 Å². The number of hydrogen-bond acceptors (Lipinski definition) is 4. The second-order valence-corrected chi connectivity index (χ2v) is 9.49. The van der Waals surface area contributed by atoms with Crippen molar-refractivity contribution in [3.63, 3.8) is 0 Å². The molecule has 0 fully saturated rings. The number of benzene rings is 2. The SMILES string of the molecule is CC/C=C/c1cc2c(c(P(=O)(OCC)OCC)c1)-c1ccccc1C2C(=O)NCC(F)(F)F. The topological polar surface area (TPSA) is 64.6 Å². The van der Waals surface area contributed by atoms with Gasteiger partial charge in [0.25, 0.3) is 0 Å². The lowest BCUT2D eigenvalue weighted by Crippen LogP contribution is -2.36. The molecule has 0 saturated heterocycles. The Labute approximate surface area is 191 Å². The highest BCUT2D eigenvalue weighted by Crippen LogP contribution is 2.54. The van der Waals surface area contributed by atoms with Crippen molar-refractivity contribution in [3.05, 3.63) is 59.2 Å². The van der Waals surface area contributed by atoms with Gasteiger partial charge in [0, 0.05) is 5.56 Å². The highest BCUT2D eigenvalue weighted by atomic mass is 31.2. The molecule has 33 heavy (non-hydrogen) atoms. The first-order valence-electron chi connectivity index (χ1n) is 10.8. The Bertz CT molecular complexity index is 1090. The number of amides is 1. The molecule has 1 N–H and O–H groups in total. The molecule has 0 bridgehead atoms. The van der Waals surface area contributed by atoms with Crippen molar-refractivity contribution in [2.75, 3.05) is 19.8 Å². The molecule has 0 heterocycles. The molecule has 1 aliphatic rings. The largest absolute Gasteiger partial charge is 0.405 e. The fraction of sp³-hybridized carbons (Fsp3) is 0.375. The minimum absolute atomic E-state index is 0.137. The van der Waals surface area contributed by atoms with Crippen LogP contribution in [0.5, 0.6) is 0 Å². The average molecular weight is 481 g/mol. The van der Waals surface area contributed by atoms with Crippen molar-refractivity contribution in [1.82, 2.24) is 5.32 Å². The van der Waals surface area contributed by atoms with Gasteiger partial charge in [-0.3, -0.25) is 9.36 Å². The first-order chi connectivity index (χ1) is 15.6. The number of carbonyl (C=O) groups excluding carboxylic acids is 1. The number of halogens is 3. The zero-order valence-electron chi connectivity index (χ0n) is 18.7. The van der Waals surface area contributed by atoms with Crippen molar-refractivity contribution in [1.29, 1.82) is 0 Å². The van der Waals surface area contributed by atoms with E-state index < -0.39 is 32.1 Å². The monoisotopic (exact) mass is 481 g/mol. The van der Waals surface area contributed by atoms with Crippen LogP contribution in [0.15, 0.2) is 42.5 Å². The maximum Gasteiger partial charge on any atom is 0.405 e. The summed E-state index contributed by atoms with van der Waals surface area (Å²) >= 11 is 0. The lowest BCUT2D eigenvalue weighted by atomic mass is 9.94. The van der Waals surface area contributed by atoms with Crippen molar-refractivity contribution in [3.8, 4) is 11.1 Å². The van der Waals surface area contributed by atoms with Gasteiger partial charge < -0.3 is 14.4 Å². The molecule has 2 aromatic carbocycles. The summed E-state index contributed by atoms with van der Waals surface area (Å²) in [5.74, 6) is -1.76. The molecule has 0 spiro atoms. The molecule has 3 rings (SSSR count). The van der Waals surface area contributed by atoms with Crippen LogP contribution in [0.2, 0.25) is 0 Å². The number of allylic oxidation sites excluding steroid dienone is 1. The summed E-state index contributed by atoms with van der Waals surface area (Å²) in [4.78, 5) is 13.0. The highest BCUT2D eigenvalue weighted by molar-refractivity contribution is 7.62. The fourth-order valence-corrected chi connectivity index (χ4v) is 5.85. The van der Waals surface area contributed by atoms with Gasteiger partial charge in [-0.25, -0.2) is 0 Å². The normalized spacial score (nSPS) is 15.5. The first kappa shape index (κ1) is 25.2. The summed E-state index contributed by atoms with van der Waals surface area (Å²) in [6.07, 6.45) is -0.0673. The van der Waals surface area contributed by atoms with Gasteiger partial charge in [0.2, 0.25) is 5.91 Å². The zero-order valence-corrected chi connectivity index (χ0v) is 19.6. The van der Waals surface area contributed by atoms with Crippen molar-refractivity contribution in [2.24, 2.45) is 0 Å². The molecule has 1 amide bonds. The van der Waals surface area contributed by atoms with E-state index in [2.05, 4.69) is 0 Å². The van der Waals surface area contributed by atoms with E-state index in [1.807, 2.05) is 24.4 Å². The van der Waals surface area contributed by atoms with E-state index in [0.29, 0.717) is 33.1 Å². The Morgan fingerprint density at radius 3 is 2.36 bits per heavy atom. The lowest BCUT2D eigenvalue weighted by Gasteiger charge is -2.22. The van der Waals surface area contributed by atoms with Gasteiger partial charge in [-0.15, -0.1) is 0 Å². The molecular weight excluding hydrogens is 454 g/mol. The number of hydrogen-bond donors (Lipinski definition) is 1. The highest BCUT2D eigenvalue weighted by Gasteiger charge is 2.41. The summed E-state index contributed by atoms with van der Waals surface area (Å²) in [7, 11) is -3.77. The molecule has 178 valence electrons. The van der Waals surface area contributed by atoms with Gasteiger partial charge in [0.1, 0.15) is 6.54 Å². The molecule has 0 aliphatic heterocycles. The predicted octanol–water partition coefficient (Wildman–Crippen LogP) is 5.79. The van der Waals surface area contributed by atoms with E-state index in [9.17, 15) is 22.5 Å². The van der Waals surface area contributed by atoms with Crippen molar-refractivity contribution in [2.45, 2.75) is 39.3 Å². The Balaban J connectivity index is 2.26. The molecule has 0 saturated carbocycles. The number of carbonyl (C=O) groups is 1. The second kappa shape index (κ2) is 10.2. The average Bonchev–Trinajstić information content (AvgIpc) is 3.09. The van der Waals surface area contributed by atoms with E-state index in [1.54, 1.807) is 50.2 Å². The van der Waals surface area contributed by atoms with Gasteiger partial charge in [-0.2, -0.15) is 13.2 Å². The van der Waals surface area contributed by atoms with E-state index in [4.69, 9.17) is 9.05 Å². The standard InChI is InChI=1S/C24H27F3NO4P/c1-4-7-10-16-13-19-21(20(14-16)33(30,31-5-2)32-6-3)17-11-8-9-12-18(17)22(19)23(29)28-15-24(25,26)27/h7-14,22H,4-6,15H2,1-3H3,(H,28,29)/b10-7+. The van der Waals surface area contributed by atoms with Crippen LogP contribution >= 0.6 is 7.60 Å². The Morgan fingerprint density at radius 1 is 1.09 bits per heavy atom. The number of fused-ring (bicyclic) bond motifs is 3. The third-order valence-corrected chi connectivity index (χ3v) is 7.33. The van der Waals surface area contributed by atoms with Gasteiger partial charge in [0.05, 0.1) is 24.4 Å². The predicted molar refractivity (Wildman–Crippen MR) is 123 cm³/mol. The number of nitrogens with one attached hydrogen (secondary N) is 1. The molecule has 1 atom stereocenters. The minimum Gasteiger partial charge on any atom is -0.346 e. The summed E-state index contributed by atoms with van der Waals surface area (Å²) in [5, 5.41) is 2.31. The maximum atomic E-state index is 13.8. The van der Waals surface area contributed by atoms with Crippen LogP contribution in [0.3, 0.4) is 0 Å². The van der Waals surface area contributed by atoms with Crippen molar-refractivity contribution < 1.29 is 31.6 Å². The van der Waals surface area contributed by atoms with Crippen LogP contribution in [0, 0.1) is 0 Å². The quantitative estimate of drug-likeness (QED) is 0.461. The third-order valence-electron chi connectivity index (χ3n) is 5.19. The second-order valence-electron chi connectivity index (χ2n) is 7.50. The Kier molecular flexibility index (Phi) is 7.83. The van der Waals surface area contributed by atoms with Gasteiger partial charge in [-0.1, -0.05) is 43.3 Å². The van der Waals surface area contributed by atoms with Gasteiger partial charge in [0.15, 0.2) is 0 Å². The number of rotatable bonds is 9. The van der Waals surface area contributed by atoms with Crippen LogP contribution < -0.4 is 10.6 Å². The third kappa shape index (κ3) is 5.40. The molecular formula is C24H27F3NO4P.